The molecule has 0 aromatic carbocycles. The molecule has 1 aromatic heterocycles. The van der Waals surface area contributed by atoms with E-state index < -0.39 is 5.97 Å². The fourth-order valence-electron chi connectivity index (χ4n) is 2.66. The minimum atomic E-state index is -0.507. The van der Waals surface area contributed by atoms with Gasteiger partial charge in [-0.25, -0.2) is 4.79 Å². The van der Waals surface area contributed by atoms with Crippen molar-refractivity contribution in [3.05, 3.63) is 21.3 Å². The Hall–Kier alpha value is -1.07. The van der Waals surface area contributed by atoms with Crippen LogP contribution in [0.2, 0.25) is 4.34 Å². The first-order chi connectivity index (χ1) is 9.97. The lowest BCUT2D eigenvalue weighted by molar-refractivity contribution is -0.125. The molecule has 1 fully saturated rings. The Morgan fingerprint density at radius 1 is 1.38 bits per heavy atom. The van der Waals surface area contributed by atoms with Crippen LogP contribution in [0, 0.1) is 11.8 Å². The molecule has 1 aliphatic carbocycles. The number of ether oxygens (including phenoxy) is 1. The molecule has 3 atom stereocenters. The summed E-state index contributed by atoms with van der Waals surface area (Å²) in [5.74, 6) is 0.318. The quantitative estimate of drug-likeness (QED) is 0.860. The van der Waals surface area contributed by atoms with Crippen molar-refractivity contribution in [3.8, 4) is 0 Å². The van der Waals surface area contributed by atoms with Gasteiger partial charge in [0.25, 0.3) is 5.91 Å². The molecule has 0 bridgehead atoms. The van der Waals surface area contributed by atoms with E-state index in [1.54, 1.807) is 12.1 Å². The third-order valence-electron chi connectivity index (χ3n) is 4.16. The van der Waals surface area contributed by atoms with Crippen molar-refractivity contribution < 1.29 is 14.3 Å². The molecule has 0 saturated heterocycles. The summed E-state index contributed by atoms with van der Waals surface area (Å²) in [6, 6.07) is 3.41. The molecule has 1 saturated carbocycles. The molecule has 4 nitrogen and oxygen atoms in total. The van der Waals surface area contributed by atoms with Crippen molar-refractivity contribution >= 4 is 34.8 Å². The van der Waals surface area contributed by atoms with Gasteiger partial charge in [-0.3, -0.25) is 4.79 Å². The molecule has 1 N–H and O–H groups in total. The van der Waals surface area contributed by atoms with E-state index in [0.29, 0.717) is 21.0 Å². The smallest absolute Gasteiger partial charge is 0.348 e. The number of rotatable bonds is 4. The van der Waals surface area contributed by atoms with Crippen LogP contribution in [0.1, 0.15) is 42.8 Å². The second-order valence-electron chi connectivity index (χ2n) is 5.62. The van der Waals surface area contributed by atoms with Gasteiger partial charge in [-0.1, -0.05) is 38.3 Å². The van der Waals surface area contributed by atoms with Crippen molar-refractivity contribution in [2.24, 2.45) is 11.8 Å². The van der Waals surface area contributed by atoms with Gasteiger partial charge in [0.2, 0.25) is 0 Å². The zero-order valence-corrected chi connectivity index (χ0v) is 13.8. The third-order valence-corrected chi connectivity index (χ3v) is 5.37. The lowest BCUT2D eigenvalue weighted by atomic mass is 9.78. The number of amides is 1. The molecular formula is C15H20ClNO3S. The number of nitrogens with one attached hydrogen (secondary N) is 1. The van der Waals surface area contributed by atoms with Gasteiger partial charge in [0.1, 0.15) is 4.88 Å². The number of hydrogen-bond donors (Lipinski definition) is 1. The molecule has 1 amide bonds. The number of carbonyl (C=O) groups excluding carboxylic acids is 2. The van der Waals surface area contributed by atoms with Crippen LogP contribution in [-0.2, 0) is 9.53 Å². The summed E-state index contributed by atoms with van der Waals surface area (Å²) in [6.45, 7) is 4.13. The summed E-state index contributed by atoms with van der Waals surface area (Å²) < 4.78 is 5.53. The molecule has 0 radical (unpaired) electrons. The van der Waals surface area contributed by atoms with E-state index in [0.717, 1.165) is 24.2 Å². The number of carbonyl (C=O) groups is 2. The standard InChI is InChI=1S/C15H20ClNO3S/c1-9-4-3-5-11(10(9)2)17-14(18)8-20-15(19)12-6-7-13(16)21-12/h6-7,9-11H,3-5,8H2,1-2H3,(H,17,18)/t9-,10-,11+/m1/s1. The van der Waals surface area contributed by atoms with Gasteiger partial charge in [0.15, 0.2) is 6.61 Å². The highest BCUT2D eigenvalue weighted by atomic mass is 35.5. The highest BCUT2D eigenvalue weighted by molar-refractivity contribution is 7.17. The van der Waals surface area contributed by atoms with E-state index in [1.807, 2.05) is 0 Å². The highest BCUT2D eigenvalue weighted by Gasteiger charge is 2.28. The second kappa shape index (κ2) is 7.27. The average molecular weight is 330 g/mol. The Morgan fingerprint density at radius 2 is 2.14 bits per heavy atom. The monoisotopic (exact) mass is 329 g/mol. The van der Waals surface area contributed by atoms with E-state index >= 15 is 0 Å². The van der Waals surface area contributed by atoms with E-state index in [9.17, 15) is 9.59 Å². The van der Waals surface area contributed by atoms with Gasteiger partial charge in [-0.15, -0.1) is 11.3 Å². The predicted octanol–water partition coefficient (Wildman–Crippen LogP) is 3.50. The van der Waals surface area contributed by atoms with Crippen LogP contribution < -0.4 is 5.32 Å². The topological polar surface area (TPSA) is 55.4 Å². The van der Waals surface area contributed by atoms with Gasteiger partial charge in [-0.05, 0) is 30.4 Å². The van der Waals surface area contributed by atoms with Gasteiger partial charge in [0.05, 0.1) is 4.34 Å². The minimum absolute atomic E-state index is 0.177. The minimum Gasteiger partial charge on any atom is -0.451 e. The third kappa shape index (κ3) is 4.45. The summed E-state index contributed by atoms with van der Waals surface area (Å²) in [6.07, 6.45) is 3.33. The maximum atomic E-state index is 11.9. The Bertz CT molecular complexity index is 517. The number of halogens is 1. The number of thiophene rings is 1. The van der Waals surface area contributed by atoms with Crippen LogP contribution in [0.3, 0.4) is 0 Å². The van der Waals surface area contributed by atoms with Crippen molar-refractivity contribution in [2.75, 3.05) is 6.61 Å². The second-order valence-corrected chi connectivity index (χ2v) is 7.34. The summed E-state index contributed by atoms with van der Waals surface area (Å²) in [7, 11) is 0. The Labute approximate surface area is 133 Å². The summed E-state index contributed by atoms with van der Waals surface area (Å²) in [4.78, 5) is 24.0. The van der Waals surface area contributed by atoms with Crippen molar-refractivity contribution in [2.45, 2.75) is 39.2 Å². The summed E-state index contributed by atoms with van der Waals surface area (Å²) in [5, 5.41) is 2.97. The molecule has 116 valence electrons. The van der Waals surface area contributed by atoms with Crippen LogP contribution in [0.25, 0.3) is 0 Å². The summed E-state index contributed by atoms with van der Waals surface area (Å²) >= 11 is 6.90. The van der Waals surface area contributed by atoms with Crippen molar-refractivity contribution in [1.82, 2.24) is 5.32 Å². The molecule has 1 heterocycles. The lowest BCUT2D eigenvalue weighted by Crippen LogP contribution is -2.45. The van der Waals surface area contributed by atoms with Crippen LogP contribution in [-0.4, -0.2) is 24.5 Å². The summed E-state index contributed by atoms with van der Waals surface area (Å²) in [5.41, 5.74) is 0. The molecule has 1 aromatic rings. The van der Waals surface area contributed by atoms with E-state index in [4.69, 9.17) is 16.3 Å². The molecule has 21 heavy (non-hydrogen) atoms. The average Bonchev–Trinajstić information content (AvgIpc) is 2.88. The molecular weight excluding hydrogens is 310 g/mol. The fourth-order valence-corrected chi connectivity index (χ4v) is 3.60. The van der Waals surface area contributed by atoms with Gasteiger partial charge in [0, 0.05) is 6.04 Å². The lowest BCUT2D eigenvalue weighted by Gasteiger charge is -2.34. The fraction of sp³-hybridized carbons (Fsp3) is 0.600. The van der Waals surface area contributed by atoms with Crippen molar-refractivity contribution in [1.29, 1.82) is 0 Å². The first kappa shape index (κ1) is 16.3. The van der Waals surface area contributed by atoms with E-state index in [2.05, 4.69) is 19.2 Å². The molecule has 1 aliphatic rings. The van der Waals surface area contributed by atoms with Gasteiger partial charge in [-0.2, -0.15) is 0 Å². The first-order valence-corrected chi connectivity index (χ1v) is 8.38. The Balaban J connectivity index is 1.78. The zero-order valence-electron chi connectivity index (χ0n) is 12.2. The Kier molecular flexibility index (Phi) is 5.65. The molecule has 0 unspecified atom stereocenters. The van der Waals surface area contributed by atoms with E-state index in [-0.39, 0.29) is 18.6 Å². The predicted molar refractivity (Wildman–Crippen MR) is 83.7 cm³/mol. The molecule has 2 rings (SSSR count). The van der Waals surface area contributed by atoms with Crippen molar-refractivity contribution in [3.63, 3.8) is 0 Å². The maximum Gasteiger partial charge on any atom is 0.348 e. The molecule has 6 heteroatoms. The van der Waals surface area contributed by atoms with Crippen LogP contribution in [0.4, 0.5) is 0 Å². The van der Waals surface area contributed by atoms with Crippen LogP contribution in [0.5, 0.6) is 0 Å². The zero-order chi connectivity index (χ0) is 15.4. The van der Waals surface area contributed by atoms with Gasteiger partial charge >= 0.3 is 5.97 Å². The SMILES string of the molecule is C[C@@H]1[C@H](C)CCC[C@@H]1NC(=O)COC(=O)c1ccc(Cl)s1. The largest absolute Gasteiger partial charge is 0.451 e. The maximum absolute atomic E-state index is 11.9. The van der Waals surface area contributed by atoms with Crippen LogP contribution >= 0.6 is 22.9 Å². The van der Waals surface area contributed by atoms with Gasteiger partial charge < -0.3 is 10.1 Å². The first-order valence-electron chi connectivity index (χ1n) is 7.19. The normalized spacial score (nSPS) is 25.4. The number of hydrogen-bond acceptors (Lipinski definition) is 4. The molecule has 0 spiro atoms. The van der Waals surface area contributed by atoms with E-state index in [1.165, 1.54) is 6.42 Å². The Morgan fingerprint density at radius 3 is 2.81 bits per heavy atom. The number of esters is 1. The molecule has 0 aliphatic heterocycles. The highest BCUT2D eigenvalue weighted by Crippen LogP contribution is 2.29. The van der Waals surface area contributed by atoms with Crippen LogP contribution in [0.15, 0.2) is 12.1 Å².